The first-order chi connectivity index (χ1) is 10.2. The molecule has 1 N–H and O–H groups in total. The van der Waals surface area contributed by atoms with Crippen molar-refractivity contribution in [2.75, 3.05) is 6.54 Å². The molecule has 3 heteroatoms. The molecule has 2 fully saturated rings. The van der Waals surface area contributed by atoms with Crippen molar-refractivity contribution in [1.29, 1.82) is 0 Å². The third-order valence-electron chi connectivity index (χ3n) is 5.77. The van der Waals surface area contributed by atoms with Crippen LogP contribution in [0.15, 0.2) is 18.2 Å². The second-order valence-electron chi connectivity index (χ2n) is 7.14. The van der Waals surface area contributed by atoms with E-state index in [9.17, 15) is 4.39 Å². The Hall–Kier alpha value is -1.09. The van der Waals surface area contributed by atoms with Crippen LogP contribution in [0, 0.1) is 17.7 Å². The highest BCUT2D eigenvalue weighted by atomic mass is 19.1. The molecule has 4 atom stereocenters. The lowest BCUT2D eigenvalue weighted by atomic mass is 9.76. The van der Waals surface area contributed by atoms with E-state index < -0.39 is 0 Å². The number of hydrogen-bond donors (Lipinski definition) is 1. The van der Waals surface area contributed by atoms with Crippen LogP contribution in [0.25, 0.3) is 0 Å². The fourth-order valence-corrected chi connectivity index (χ4v) is 4.87. The van der Waals surface area contributed by atoms with Crippen molar-refractivity contribution in [3.63, 3.8) is 0 Å². The molecule has 2 nitrogen and oxygen atoms in total. The Morgan fingerprint density at radius 3 is 2.95 bits per heavy atom. The van der Waals surface area contributed by atoms with E-state index in [0.717, 1.165) is 36.6 Å². The van der Waals surface area contributed by atoms with E-state index in [1.165, 1.54) is 31.7 Å². The lowest BCUT2D eigenvalue weighted by Gasteiger charge is -2.45. The topological polar surface area (TPSA) is 21.3 Å². The quantitative estimate of drug-likeness (QED) is 0.900. The smallest absolute Gasteiger partial charge is 0.125 e. The Morgan fingerprint density at radius 2 is 2.24 bits per heavy atom. The molecule has 4 rings (SSSR count). The summed E-state index contributed by atoms with van der Waals surface area (Å²) in [6, 6.07) is 5.26. The van der Waals surface area contributed by atoms with Crippen molar-refractivity contribution in [3.05, 3.63) is 29.6 Å². The third kappa shape index (κ3) is 2.17. The molecule has 21 heavy (non-hydrogen) atoms. The van der Waals surface area contributed by atoms with Gasteiger partial charge >= 0.3 is 0 Å². The molecule has 1 aliphatic heterocycles. The van der Waals surface area contributed by atoms with Crippen LogP contribution >= 0.6 is 0 Å². The van der Waals surface area contributed by atoms with Crippen LogP contribution in [0.3, 0.4) is 0 Å². The van der Waals surface area contributed by atoms with Crippen molar-refractivity contribution >= 4 is 0 Å². The Balaban J connectivity index is 1.68. The molecule has 4 unspecified atom stereocenters. The Bertz CT molecular complexity index is 546. The van der Waals surface area contributed by atoms with Gasteiger partial charge in [0.2, 0.25) is 0 Å². The zero-order valence-electron chi connectivity index (χ0n) is 12.7. The van der Waals surface area contributed by atoms with Gasteiger partial charge < -0.3 is 10.1 Å². The SMILES string of the molecule is CCCNC1CC2(CC3CCC2C3)Oc2ccc(F)cc21. The van der Waals surface area contributed by atoms with Crippen molar-refractivity contribution in [1.82, 2.24) is 5.32 Å². The number of fused-ring (bicyclic) bond motifs is 4. The van der Waals surface area contributed by atoms with Crippen LogP contribution < -0.4 is 10.1 Å². The lowest BCUT2D eigenvalue weighted by molar-refractivity contribution is -0.0185. The molecule has 0 amide bonds. The van der Waals surface area contributed by atoms with Crippen LogP contribution in [0.5, 0.6) is 5.75 Å². The minimum Gasteiger partial charge on any atom is -0.487 e. The zero-order valence-corrected chi connectivity index (χ0v) is 12.7. The number of ether oxygens (including phenoxy) is 1. The average Bonchev–Trinajstić information content (AvgIpc) is 3.06. The fraction of sp³-hybridized carbons (Fsp3) is 0.667. The van der Waals surface area contributed by atoms with Crippen molar-refractivity contribution in [2.24, 2.45) is 11.8 Å². The summed E-state index contributed by atoms with van der Waals surface area (Å²) in [4.78, 5) is 0. The molecule has 114 valence electrons. The van der Waals surface area contributed by atoms with E-state index in [2.05, 4.69) is 12.2 Å². The predicted molar refractivity (Wildman–Crippen MR) is 80.9 cm³/mol. The summed E-state index contributed by atoms with van der Waals surface area (Å²) >= 11 is 0. The highest BCUT2D eigenvalue weighted by molar-refractivity contribution is 5.40. The van der Waals surface area contributed by atoms with E-state index in [1.54, 1.807) is 6.07 Å². The summed E-state index contributed by atoms with van der Waals surface area (Å²) in [6.07, 6.45) is 7.31. The maximum atomic E-state index is 13.6. The molecular weight excluding hydrogens is 265 g/mol. The Labute approximate surface area is 126 Å². The van der Waals surface area contributed by atoms with Gasteiger partial charge in [0.15, 0.2) is 0 Å². The monoisotopic (exact) mass is 289 g/mol. The average molecular weight is 289 g/mol. The standard InChI is InChI=1S/C18H24FNO/c1-2-7-20-16-11-18(10-12-3-4-13(18)8-12)21-17-6-5-14(19)9-15(16)17/h5-6,9,12-13,16,20H,2-4,7-8,10-11H2,1H3. The summed E-state index contributed by atoms with van der Waals surface area (Å²) in [7, 11) is 0. The Kier molecular flexibility index (Phi) is 3.21. The first-order valence-corrected chi connectivity index (χ1v) is 8.42. The molecule has 0 saturated heterocycles. The minimum absolute atomic E-state index is 0.0130. The van der Waals surface area contributed by atoms with Gasteiger partial charge in [-0.25, -0.2) is 4.39 Å². The summed E-state index contributed by atoms with van der Waals surface area (Å²) in [5, 5.41) is 3.62. The van der Waals surface area contributed by atoms with Gasteiger partial charge in [-0.15, -0.1) is 0 Å². The molecule has 1 aromatic carbocycles. The van der Waals surface area contributed by atoms with Crippen LogP contribution in [-0.4, -0.2) is 12.1 Å². The van der Waals surface area contributed by atoms with Crippen LogP contribution in [0.1, 0.15) is 57.1 Å². The van der Waals surface area contributed by atoms with Gasteiger partial charge in [0.1, 0.15) is 17.2 Å². The maximum Gasteiger partial charge on any atom is 0.125 e. The van der Waals surface area contributed by atoms with E-state index >= 15 is 0 Å². The van der Waals surface area contributed by atoms with Crippen LogP contribution in [0.4, 0.5) is 4.39 Å². The minimum atomic E-state index is -0.162. The predicted octanol–water partition coefficient (Wildman–Crippen LogP) is 4.21. The summed E-state index contributed by atoms with van der Waals surface area (Å²) in [5.41, 5.74) is 1.02. The molecule has 0 radical (unpaired) electrons. The summed E-state index contributed by atoms with van der Waals surface area (Å²) < 4.78 is 20.1. The van der Waals surface area contributed by atoms with Gasteiger partial charge in [-0.1, -0.05) is 6.92 Å². The van der Waals surface area contributed by atoms with E-state index in [0.29, 0.717) is 5.92 Å². The number of halogens is 1. The second kappa shape index (κ2) is 4.98. The van der Waals surface area contributed by atoms with Gasteiger partial charge in [-0.3, -0.25) is 0 Å². The molecule has 1 heterocycles. The second-order valence-corrected chi connectivity index (χ2v) is 7.14. The zero-order chi connectivity index (χ0) is 14.4. The number of rotatable bonds is 3. The molecular formula is C18H24FNO. The number of nitrogens with one attached hydrogen (secondary N) is 1. The largest absolute Gasteiger partial charge is 0.487 e. The van der Waals surface area contributed by atoms with Crippen LogP contribution in [-0.2, 0) is 0 Å². The number of benzene rings is 1. The van der Waals surface area contributed by atoms with Crippen molar-refractivity contribution in [2.45, 2.75) is 57.1 Å². The van der Waals surface area contributed by atoms with Gasteiger partial charge in [0, 0.05) is 18.0 Å². The van der Waals surface area contributed by atoms with Crippen molar-refractivity contribution in [3.8, 4) is 5.75 Å². The normalized spacial score (nSPS) is 36.8. The summed E-state index contributed by atoms with van der Waals surface area (Å²) in [6.45, 7) is 3.15. The molecule has 2 bridgehead atoms. The first-order valence-electron chi connectivity index (χ1n) is 8.42. The third-order valence-corrected chi connectivity index (χ3v) is 5.77. The van der Waals surface area contributed by atoms with Gasteiger partial charge in [0.25, 0.3) is 0 Å². The number of hydrogen-bond acceptors (Lipinski definition) is 2. The lowest BCUT2D eigenvalue weighted by Crippen LogP contribution is -2.48. The molecule has 2 aliphatic carbocycles. The first kappa shape index (κ1) is 13.6. The fourth-order valence-electron chi connectivity index (χ4n) is 4.87. The highest BCUT2D eigenvalue weighted by Gasteiger charge is 2.55. The van der Waals surface area contributed by atoms with Gasteiger partial charge in [-0.2, -0.15) is 0 Å². The van der Waals surface area contributed by atoms with Gasteiger partial charge in [0.05, 0.1) is 0 Å². The van der Waals surface area contributed by atoms with Crippen LogP contribution in [0.2, 0.25) is 0 Å². The summed E-state index contributed by atoms with van der Waals surface area (Å²) in [5.74, 6) is 2.30. The molecule has 3 aliphatic rings. The Morgan fingerprint density at radius 1 is 1.33 bits per heavy atom. The van der Waals surface area contributed by atoms with E-state index in [1.807, 2.05) is 6.07 Å². The highest BCUT2D eigenvalue weighted by Crippen LogP contribution is 2.58. The van der Waals surface area contributed by atoms with E-state index in [4.69, 9.17) is 4.74 Å². The molecule has 2 saturated carbocycles. The molecule has 1 aromatic rings. The van der Waals surface area contributed by atoms with E-state index in [-0.39, 0.29) is 17.5 Å². The maximum absolute atomic E-state index is 13.6. The molecule has 1 spiro atoms. The van der Waals surface area contributed by atoms with Gasteiger partial charge in [-0.05, 0) is 68.7 Å². The molecule has 0 aromatic heterocycles. The van der Waals surface area contributed by atoms with Crippen molar-refractivity contribution < 1.29 is 9.13 Å².